The van der Waals surface area contributed by atoms with Gasteiger partial charge in [0.15, 0.2) is 5.76 Å². The van der Waals surface area contributed by atoms with Crippen LogP contribution in [0.5, 0.6) is 0 Å². The molecule has 3 rings (SSSR count). The molecule has 130 valence electrons. The Labute approximate surface area is 146 Å². The smallest absolute Gasteiger partial charge is 0.416 e. The molecule has 0 spiro atoms. The molecule has 2 heterocycles. The van der Waals surface area contributed by atoms with Gasteiger partial charge in [0.25, 0.3) is 5.91 Å². The van der Waals surface area contributed by atoms with E-state index in [9.17, 15) is 18.0 Å². The summed E-state index contributed by atoms with van der Waals surface area (Å²) in [5, 5.41) is 4.71. The second kappa shape index (κ2) is 6.76. The van der Waals surface area contributed by atoms with Gasteiger partial charge in [-0.25, -0.2) is 0 Å². The molecule has 1 amide bonds. The van der Waals surface area contributed by atoms with E-state index in [1.165, 1.54) is 35.6 Å². The lowest BCUT2D eigenvalue weighted by Gasteiger charge is -2.10. The molecule has 0 bridgehead atoms. The number of carbonyl (C=O) groups is 1. The van der Waals surface area contributed by atoms with Crippen LogP contribution in [0.3, 0.4) is 0 Å². The van der Waals surface area contributed by atoms with E-state index in [0.717, 1.165) is 17.0 Å². The number of hydrogen-bond donors (Lipinski definition) is 1. The summed E-state index contributed by atoms with van der Waals surface area (Å²) in [6.07, 6.45) is -4.43. The third kappa shape index (κ3) is 3.93. The average Bonchev–Trinajstić information content (AvgIpc) is 3.26. The molecule has 0 aliphatic heterocycles. The van der Waals surface area contributed by atoms with Crippen LogP contribution in [-0.2, 0) is 6.18 Å². The summed E-state index contributed by atoms with van der Waals surface area (Å²) in [7, 11) is 0. The Bertz CT molecular complexity index is 869. The second-order valence-electron chi connectivity index (χ2n) is 5.45. The quantitative estimate of drug-likeness (QED) is 0.662. The van der Waals surface area contributed by atoms with Crippen LogP contribution in [-0.4, -0.2) is 5.91 Å². The highest BCUT2D eigenvalue weighted by molar-refractivity contribution is 7.10. The number of benzene rings is 1. The first kappa shape index (κ1) is 17.3. The van der Waals surface area contributed by atoms with Crippen LogP contribution in [0.1, 0.15) is 34.0 Å². The molecule has 0 saturated carbocycles. The van der Waals surface area contributed by atoms with Crippen LogP contribution >= 0.6 is 11.3 Å². The summed E-state index contributed by atoms with van der Waals surface area (Å²) in [4.78, 5) is 13.2. The van der Waals surface area contributed by atoms with E-state index in [-0.39, 0.29) is 23.1 Å². The molecule has 0 aliphatic carbocycles. The molecular formula is C18H14F3NO2S. The molecule has 3 aromatic rings. The minimum Gasteiger partial charge on any atom is -0.451 e. The fraction of sp³-hybridized carbons (Fsp3) is 0.167. The number of halogens is 3. The summed E-state index contributed by atoms with van der Waals surface area (Å²) in [5.74, 6) is -0.157. The predicted octanol–water partition coefficient (Wildman–Crippen LogP) is 5.52. The zero-order chi connectivity index (χ0) is 18.0. The zero-order valence-electron chi connectivity index (χ0n) is 13.1. The zero-order valence-corrected chi connectivity index (χ0v) is 13.9. The van der Waals surface area contributed by atoms with Crippen molar-refractivity contribution in [1.82, 2.24) is 5.32 Å². The van der Waals surface area contributed by atoms with Crippen molar-refractivity contribution in [1.29, 1.82) is 0 Å². The van der Waals surface area contributed by atoms with Crippen LogP contribution in [0, 0.1) is 0 Å². The molecule has 0 fully saturated rings. The van der Waals surface area contributed by atoms with E-state index in [1.54, 1.807) is 0 Å². The Morgan fingerprint density at radius 3 is 2.64 bits per heavy atom. The van der Waals surface area contributed by atoms with Crippen LogP contribution in [0.15, 0.2) is 58.3 Å². The van der Waals surface area contributed by atoms with Crippen molar-refractivity contribution in [2.75, 3.05) is 0 Å². The summed E-state index contributed by atoms with van der Waals surface area (Å²) < 4.78 is 43.8. The molecule has 1 N–H and O–H groups in total. The van der Waals surface area contributed by atoms with Crippen LogP contribution in [0.4, 0.5) is 13.2 Å². The van der Waals surface area contributed by atoms with E-state index in [4.69, 9.17) is 4.42 Å². The number of carbonyl (C=O) groups excluding carboxylic acids is 1. The van der Waals surface area contributed by atoms with E-state index < -0.39 is 17.6 Å². The maximum Gasteiger partial charge on any atom is 0.416 e. The maximum absolute atomic E-state index is 12.8. The fourth-order valence-corrected chi connectivity index (χ4v) is 3.07. The maximum atomic E-state index is 12.8. The van der Waals surface area contributed by atoms with Gasteiger partial charge in [0.1, 0.15) is 5.76 Å². The summed E-state index contributed by atoms with van der Waals surface area (Å²) in [6.45, 7) is 1.85. The van der Waals surface area contributed by atoms with Crippen molar-refractivity contribution in [2.24, 2.45) is 0 Å². The molecule has 2 aromatic heterocycles. The van der Waals surface area contributed by atoms with Gasteiger partial charge in [-0.3, -0.25) is 4.79 Å². The minimum atomic E-state index is -4.43. The van der Waals surface area contributed by atoms with Crippen LogP contribution in [0.25, 0.3) is 11.3 Å². The van der Waals surface area contributed by atoms with Gasteiger partial charge in [-0.05, 0) is 42.6 Å². The Kier molecular flexibility index (Phi) is 4.67. The van der Waals surface area contributed by atoms with E-state index in [1.807, 2.05) is 24.4 Å². The number of hydrogen-bond acceptors (Lipinski definition) is 3. The molecule has 1 atom stereocenters. The van der Waals surface area contributed by atoms with Gasteiger partial charge in [-0.2, -0.15) is 13.2 Å². The summed E-state index contributed by atoms with van der Waals surface area (Å²) in [6, 6.07) is 11.3. The number of alkyl halides is 3. The predicted molar refractivity (Wildman–Crippen MR) is 89.3 cm³/mol. The molecule has 0 saturated heterocycles. The topological polar surface area (TPSA) is 42.2 Å². The van der Waals surface area contributed by atoms with Gasteiger partial charge < -0.3 is 9.73 Å². The van der Waals surface area contributed by atoms with Gasteiger partial charge in [0.2, 0.25) is 0 Å². The Balaban J connectivity index is 1.77. The summed E-state index contributed by atoms with van der Waals surface area (Å²) in [5.41, 5.74) is -0.501. The SMILES string of the molecule is CC(NC(=O)c1ccc(-c2cccc(C(F)(F)F)c2)o1)c1cccs1. The molecular weight excluding hydrogens is 351 g/mol. The summed E-state index contributed by atoms with van der Waals surface area (Å²) >= 11 is 1.52. The van der Waals surface area contributed by atoms with Crippen molar-refractivity contribution in [2.45, 2.75) is 19.1 Å². The molecule has 1 unspecified atom stereocenters. The standard InChI is InChI=1S/C18H14F3NO2S/c1-11(16-6-3-9-25-16)22-17(23)15-8-7-14(24-15)12-4-2-5-13(10-12)18(19,20)21/h2-11H,1H3,(H,22,23). The van der Waals surface area contributed by atoms with Gasteiger partial charge >= 0.3 is 6.18 Å². The van der Waals surface area contributed by atoms with Gasteiger partial charge in [-0.15, -0.1) is 11.3 Å². The normalized spacial score (nSPS) is 12.8. The third-order valence-electron chi connectivity index (χ3n) is 3.62. The largest absolute Gasteiger partial charge is 0.451 e. The number of thiophene rings is 1. The first-order valence-electron chi connectivity index (χ1n) is 7.46. The van der Waals surface area contributed by atoms with Gasteiger partial charge in [0.05, 0.1) is 11.6 Å². The van der Waals surface area contributed by atoms with Crippen molar-refractivity contribution < 1.29 is 22.4 Å². The van der Waals surface area contributed by atoms with Crippen molar-refractivity contribution in [3.05, 3.63) is 70.1 Å². The molecule has 3 nitrogen and oxygen atoms in total. The van der Waals surface area contributed by atoms with Gasteiger partial charge in [-0.1, -0.05) is 18.2 Å². The first-order valence-corrected chi connectivity index (χ1v) is 8.34. The first-order chi connectivity index (χ1) is 11.8. The number of amides is 1. The van der Waals surface area contributed by atoms with Crippen molar-refractivity contribution in [3.63, 3.8) is 0 Å². The molecule has 0 radical (unpaired) electrons. The molecule has 0 aliphatic rings. The Morgan fingerprint density at radius 2 is 1.96 bits per heavy atom. The molecule has 7 heteroatoms. The van der Waals surface area contributed by atoms with Crippen LogP contribution < -0.4 is 5.32 Å². The van der Waals surface area contributed by atoms with Crippen molar-refractivity contribution >= 4 is 17.2 Å². The van der Waals surface area contributed by atoms with Crippen molar-refractivity contribution in [3.8, 4) is 11.3 Å². The lowest BCUT2D eigenvalue weighted by atomic mass is 10.1. The molecule has 1 aromatic carbocycles. The fourth-order valence-electron chi connectivity index (χ4n) is 2.34. The highest BCUT2D eigenvalue weighted by Gasteiger charge is 2.30. The van der Waals surface area contributed by atoms with E-state index >= 15 is 0 Å². The number of rotatable bonds is 4. The van der Waals surface area contributed by atoms with Crippen LogP contribution in [0.2, 0.25) is 0 Å². The lowest BCUT2D eigenvalue weighted by Crippen LogP contribution is -2.25. The lowest BCUT2D eigenvalue weighted by molar-refractivity contribution is -0.137. The minimum absolute atomic E-state index is 0.0517. The monoisotopic (exact) mass is 365 g/mol. The second-order valence-corrected chi connectivity index (χ2v) is 6.43. The third-order valence-corrected chi connectivity index (χ3v) is 4.68. The Morgan fingerprint density at radius 1 is 1.16 bits per heavy atom. The number of furan rings is 1. The highest BCUT2D eigenvalue weighted by Crippen LogP contribution is 2.32. The number of nitrogens with one attached hydrogen (secondary N) is 1. The highest BCUT2D eigenvalue weighted by atomic mass is 32.1. The van der Waals surface area contributed by atoms with E-state index in [2.05, 4.69) is 5.32 Å². The average molecular weight is 365 g/mol. The Hall–Kier alpha value is -2.54. The molecule has 25 heavy (non-hydrogen) atoms. The van der Waals surface area contributed by atoms with Gasteiger partial charge in [0, 0.05) is 10.4 Å². The van der Waals surface area contributed by atoms with E-state index in [0.29, 0.717) is 0 Å².